The van der Waals surface area contributed by atoms with E-state index in [-0.39, 0.29) is 12.5 Å². The normalized spacial score (nSPS) is 10.9. The van der Waals surface area contributed by atoms with Crippen LogP contribution in [0.3, 0.4) is 0 Å². The third-order valence-corrected chi connectivity index (χ3v) is 4.38. The van der Waals surface area contributed by atoms with E-state index in [1.54, 1.807) is 0 Å². The Labute approximate surface area is 170 Å². The molecule has 7 heteroatoms. The molecule has 0 atom stereocenters. The molecule has 0 saturated heterocycles. The van der Waals surface area contributed by atoms with Crippen molar-refractivity contribution in [2.24, 2.45) is 0 Å². The minimum atomic E-state index is -0.0837. The van der Waals surface area contributed by atoms with Crippen LogP contribution in [0, 0.1) is 0 Å². The van der Waals surface area contributed by atoms with Crippen LogP contribution in [0.1, 0.15) is 25.3 Å². The fraction of sp³-hybridized carbons (Fsp3) is 0.318. The summed E-state index contributed by atoms with van der Waals surface area (Å²) in [7, 11) is 1.84. The first-order valence-corrected chi connectivity index (χ1v) is 9.71. The van der Waals surface area contributed by atoms with Gasteiger partial charge in [0.05, 0.1) is 19.7 Å². The van der Waals surface area contributed by atoms with E-state index >= 15 is 0 Å². The Kier molecular flexibility index (Phi) is 6.97. The van der Waals surface area contributed by atoms with Crippen molar-refractivity contribution in [3.63, 3.8) is 0 Å². The van der Waals surface area contributed by atoms with Crippen LogP contribution in [0.15, 0.2) is 53.1 Å². The van der Waals surface area contributed by atoms with E-state index in [0.29, 0.717) is 24.9 Å². The molecule has 2 aromatic carbocycles. The first-order valence-electron chi connectivity index (χ1n) is 9.71. The summed E-state index contributed by atoms with van der Waals surface area (Å²) in [6, 6.07) is 15.3. The van der Waals surface area contributed by atoms with Crippen molar-refractivity contribution in [1.29, 1.82) is 0 Å². The van der Waals surface area contributed by atoms with Crippen LogP contribution in [0.25, 0.3) is 11.4 Å². The van der Waals surface area contributed by atoms with Gasteiger partial charge < -0.3 is 14.6 Å². The second-order valence-corrected chi connectivity index (χ2v) is 6.70. The van der Waals surface area contributed by atoms with E-state index < -0.39 is 0 Å². The van der Waals surface area contributed by atoms with Gasteiger partial charge in [-0.3, -0.25) is 9.69 Å². The summed E-state index contributed by atoms with van der Waals surface area (Å²) in [5.74, 6) is 1.69. The number of para-hydroxylation sites is 1. The van der Waals surface area contributed by atoms with Crippen molar-refractivity contribution < 1.29 is 14.1 Å². The summed E-state index contributed by atoms with van der Waals surface area (Å²) >= 11 is 0. The summed E-state index contributed by atoms with van der Waals surface area (Å²) < 4.78 is 10.8. The molecule has 7 nitrogen and oxygen atoms in total. The molecule has 1 heterocycles. The molecule has 0 radical (unpaired) electrons. The quantitative estimate of drug-likeness (QED) is 0.595. The topological polar surface area (TPSA) is 80.5 Å². The smallest absolute Gasteiger partial charge is 0.241 e. The number of benzene rings is 2. The monoisotopic (exact) mass is 394 g/mol. The molecule has 0 bridgehead atoms. The maximum absolute atomic E-state index is 12.4. The van der Waals surface area contributed by atoms with Gasteiger partial charge in [0.2, 0.25) is 17.6 Å². The molecular formula is C22H26N4O3. The SMILES string of the molecule is CCOc1ccc(-c2noc(CN(C)CC(=O)Nc3ccccc3CC)n2)cc1. The van der Waals surface area contributed by atoms with Crippen molar-refractivity contribution >= 4 is 11.6 Å². The molecule has 0 fully saturated rings. The number of anilines is 1. The number of aromatic nitrogens is 2. The van der Waals surface area contributed by atoms with E-state index in [1.165, 1.54) is 0 Å². The van der Waals surface area contributed by atoms with E-state index in [2.05, 4.69) is 22.4 Å². The maximum Gasteiger partial charge on any atom is 0.241 e. The fourth-order valence-electron chi connectivity index (χ4n) is 2.98. The Balaban J connectivity index is 1.55. The number of ether oxygens (including phenoxy) is 1. The standard InChI is InChI=1S/C22H26N4O3/c1-4-16-8-6-7-9-19(16)23-20(27)14-26(3)15-21-24-22(25-29-21)17-10-12-18(13-11-17)28-5-2/h6-13H,4-5,14-15H2,1-3H3,(H,23,27). The summed E-state index contributed by atoms with van der Waals surface area (Å²) in [6.45, 7) is 5.23. The highest BCUT2D eigenvalue weighted by atomic mass is 16.5. The molecule has 0 spiro atoms. The Morgan fingerprint density at radius 3 is 2.62 bits per heavy atom. The van der Waals surface area contributed by atoms with Crippen molar-refractivity contribution in [1.82, 2.24) is 15.0 Å². The number of amides is 1. The molecule has 3 aromatic rings. The van der Waals surface area contributed by atoms with Crippen molar-refractivity contribution in [2.45, 2.75) is 26.8 Å². The van der Waals surface area contributed by atoms with E-state index in [0.717, 1.165) is 29.0 Å². The van der Waals surface area contributed by atoms with Gasteiger partial charge in [-0.05, 0) is 56.3 Å². The molecule has 0 aliphatic heterocycles. The Morgan fingerprint density at radius 2 is 1.90 bits per heavy atom. The second kappa shape index (κ2) is 9.84. The summed E-state index contributed by atoms with van der Waals surface area (Å²) in [5, 5.41) is 7.00. The zero-order valence-corrected chi connectivity index (χ0v) is 17.0. The lowest BCUT2D eigenvalue weighted by molar-refractivity contribution is -0.117. The van der Waals surface area contributed by atoms with Gasteiger partial charge in [0, 0.05) is 11.3 Å². The first kappa shape index (κ1) is 20.5. The van der Waals surface area contributed by atoms with Crippen LogP contribution in [0.2, 0.25) is 0 Å². The molecule has 152 valence electrons. The fourth-order valence-corrected chi connectivity index (χ4v) is 2.98. The molecule has 3 rings (SSSR count). The van der Waals surface area contributed by atoms with Crippen molar-refractivity contribution in [2.75, 3.05) is 25.5 Å². The third-order valence-electron chi connectivity index (χ3n) is 4.38. The van der Waals surface area contributed by atoms with Crippen molar-refractivity contribution in [3.05, 3.63) is 60.0 Å². The molecule has 1 amide bonds. The van der Waals surface area contributed by atoms with E-state index in [4.69, 9.17) is 9.26 Å². The predicted molar refractivity (Wildman–Crippen MR) is 112 cm³/mol. The average molecular weight is 394 g/mol. The predicted octanol–water partition coefficient (Wildman–Crippen LogP) is 3.77. The van der Waals surface area contributed by atoms with E-state index in [1.807, 2.05) is 67.4 Å². The van der Waals surface area contributed by atoms with Gasteiger partial charge in [0.1, 0.15) is 5.75 Å². The molecule has 1 aromatic heterocycles. The van der Waals surface area contributed by atoms with Gasteiger partial charge in [-0.1, -0.05) is 30.3 Å². The number of aryl methyl sites for hydroxylation is 1. The molecule has 0 aliphatic carbocycles. The molecule has 29 heavy (non-hydrogen) atoms. The van der Waals surface area contributed by atoms with Crippen LogP contribution < -0.4 is 10.1 Å². The van der Waals surface area contributed by atoms with Gasteiger partial charge in [0.15, 0.2) is 0 Å². The summed E-state index contributed by atoms with van der Waals surface area (Å²) in [5.41, 5.74) is 2.81. The first-order chi connectivity index (χ1) is 14.1. The van der Waals surface area contributed by atoms with Gasteiger partial charge >= 0.3 is 0 Å². The van der Waals surface area contributed by atoms with Crippen LogP contribution in [-0.2, 0) is 17.8 Å². The molecule has 0 aliphatic rings. The van der Waals surface area contributed by atoms with E-state index in [9.17, 15) is 4.79 Å². The lowest BCUT2D eigenvalue weighted by Gasteiger charge is -2.15. The van der Waals surface area contributed by atoms with Gasteiger partial charge in [-0.15, -0.1) is 0 Å². The van der Waals surface area contributed by atoms with Gasteiger partial charge in [-0.25, -0.2) is 0 Å². The third kappa shape index (κ3) is 5.65. The number of carbonyl (C=O) groups excluding carboxylic acids is 1. The number of likely N-dealkylation sites (N-methyl/N-ethyl adjacent to an activating group) is 1. The lowest BCUT2D eigenvalue weighted by atomic mass is 10.1. The average Bonchev–Trinajstić information content (AvgIpc) is 3.17. The van der Waals surface area contributed by atoms with Crippen LogP contribution in [-0.4, -0.2) is 41.1 Å². The highest BCUT2D eigenvalue weighted by Crippen LogP contribution is 2.20. The molecule has 0 saturated carbocycles. The highest BCUT2D eigenvalue weighted by molar-refractivity contribution is 5.92. The Morgan fingerprint density at radius 1 is 1.14 bits per heavy atom. The zero-order valence-electron chi connectivity index (χ0n) is 17.0. The van der Waals surface area contributed by atoms with Crippen LogP contribution in [0.5, 0.6) is 5.75 Å². The highest BCUT2D eigenvalue weighted by Gasteiger charge is 2.14. The Bertz CT molecular complexity index is 937. The van der Waals surface area contributed by atoms with Crippen LogP contribution in [0.4, 0.5) is 5.69 Å². The van der Waals surface area contributed by atoms with Gasteiger partial charge in [-0.2, -0.15) is 4.98 Å². The summed E-state index contributed by atoms with van der Waals surface area (Å²) in [4.78, 5) is 18.6. The summed E-state index contributed by atoms with van der Waals surface area (Å²) in [6.07, 6.45) is 0.864. The lowest BCUT2D eigenvalue weighted by Crippen LogP contribution is -2.30. The van der Waals surface area contributed by atoms with Crippen LogP contribution >= 0.6 is 0 Å². The molecule has 1 N–H and O–H groups in total. The second-order valence-electron chi connectivity index (χ2n) is 6.70. The largest absolute Gasteiger partial charge is 0.494 e. The number of nitrogens with zero attached hydrogens (tertiary/aromatic N) is 3. The van der Waals surface area contributed by atoms with Gasteiger partial charge in [0.25, 0.3) is 0 Å². The number of rotatable bonds is 9. The number of carbonyl (C=O) groups is 1. The maximum atomic E-state index is 12.4. The zero-order chi connectivity index (χ0) is 20.6. The Hall–Kier alpha value is -3.19. The minimum absolute atomic E-state index is 0.0837. The van der Waals surface area contributed by atoms with Crippen molar-refractivity contribution in [3.8, 4) is 17.1 Å². The number of hydrogen-bond donors (Lipinski definition) is 1. The minimum Gasteiger partial charge on any atom is -0.494 e. The number of hydrogen-bond acceptors (Lipinski definition) is 6. The molecular weight excluding hydrogens is 368 g/mol. The number of nitrogens with one attached hydrogen (secondary N) is 1. The molecule has 0 unspecified atom stereocenters.